The number of pyridine rings is 2. The molecule has 2 heterocycles. The average molecular weight is 263 g/mol. The van der Waals surface area contributed by atoms with Crippen molar-refractivity contribution in [2.24, 2.45) is 0 Å². The first-order valence-corrected chi connectivity index (χ1v) is 6.73. The highest BCUT2D eigenvalue weighted by atomic mass is 14.9. The molecule has 0 bridgehead atoms. The van der Waals surface area contributed by atoms with Gasteiger partial charge in [-0.1, -0.05) is 24.3 Å². The van der Waals surface area contributed by atoms with Crippen LogP contribution in [-0.2, 0) is 0 Å². The number of fused-ring (bicyclic) bond motifs is 1. The number of aromatic nitrogens is 2. The Kier molecular flexibility index (Phi) is 3.44. The van der Waals surface area contributed by atoms with Crippen molar-refractivity contribution in [1.29, 1.82) is 0 Å². The SMILES string of the molecule is CNC(c1ncccc1C)c1cccc2ncccc12. The van der Waals surface area contributed by atoms with Crippen LogP contribution in [0.15, 0.2) is 54.9 Å². The zero-order valence-corrected chi connectivity index (χ0v) is 11.7. The van der Waals surface area contributed by atoms with Crippen LogP contribution in [0.3, 0.4) is 0 Å². The molecule has 1 atom stereocenters. The molecule has 0 aliphatic heterocycles. The molecule has 0 saturated carbocycles. The van der Waals surface area contributed by atoms with Crippen LogP contribution in [0, 0.1) is 6.92 Å². The summed E-state index contributed by atoms with van der Waals surface area (Å²) in [5.74, 6) is 0. The summed E-state index contributed by atoms with van der Waals surface area (Å²) >= 11 is 0. The number of rotatable bonds is 3. The number of benzene rings is 1. The fraction of sp³-hybridized carbons (Fsp3) is 0.176. The lowest BCUT2D eigenvalue weighted by molar-refractivity contribution is 0.670. The Hall–Kier alpha value is -2.26. The molecule has 0 aliphatic rings. The molecule has 1 unspecified atom stereocenters. The van der Waals surface area contributed by atoms with Gasteiger partial charge in [-0.2, -0.15) is 0 Å². The highest BCUT2D eigenvalue weighted by Gasteiger charge is 2.17. The van der Waals surface area contributed by atoms with Gasteiger partial charge in [-0.25, -0.2) is 0 Å². The van der Waals surface area contributed by atoms with Gasteiger partial charge in [0.05, 0.1) is 17.3 Å². The van der Waals surface area contributed by atoms with Crippen molar-refractivity contribution in [2.45, 2.75) is 13.0 Å². The highest BCUT2D eigenvalue weighted by molar-refractivity contribution is 5.82. The molecule has 2 aromatic heterocycles. The normalized spacial score (nSPS) is 12.5. The van der Waals surface area contributed by atoms with E-state index in [1.807, 2.05) is 43.7 Å². The summed E-state index contributed by atoms with van der Waals surface area (Å²) in [5, 5.41) is 4.54. The first-order chi connectivity index (χ1) is 9.81. The maximum atomic E-state index is 4.55. The predicted molar refractivity (Wildman–Crippen MR) is 81.6 cm³/mol. The van der Waals surface area contributed by atoms with Gasteiger partial charge < -0.3 is 5.32 Å². The number of nitrogens with one attached hydrogen (secondary N) is 1. The number of nitrogens with zero attached hydrogens (tertiary/aromatic N) is 2. The third-order valence-corrected chi connectivity index (χ3v) is 3.60. The lowest BCUT2D eigenvalue weighted by atomic mass is 9.96. The molecule has 3 aromatic rings. The summed E-state index contributed by atoms with van der Waals surface area (Å²) in [6.07, 6.45) is 3.67. The van der Waals surface area contributed by atoms with E-state index in [-0.39, 0.29) is 6.04 Å². The molecule has 0 radical (unpaired) electrons. The molecule has 0 saturated heterocycles. The van der Waals surface area contributed by atoms with Crippen LogP contribution in [0.2, 0.25) is 0 Å². The molecule has 0 fully saturated rings. The van der Waals surface area contributed by atoms with Crippen LogP contribution in [0.4, 0.5) is 0 Å². The molecular weight excluding hydrogens is 246 g/mol. The monoisotopic (exact) mass is 263 g/mol. The van der Waals surface area contributed by atoms with Crippen molar-refractivity contribution in [3.63, 3.8) is 0 Å². The van der Waals surface area contributed by atoms with Crippen molar-refractivity contribution in [3.05, 3.63) is 71.7 Å². The van der Waals surface area contributed by atoms with E-state index in [1.54, 1.807) is 0 Å². The van der Waals surface area contributed by atoms with Gasteiger partial charge in [0.1, 0.15) is 0 Å². The summed E-state index contributed by atoms with van der Waals surface area (Å²) in [6.45, 7) is 2.09. The second-order valence-corrected chi connectivity index (χ2v) is 4.84. The van der Waals surface area contributed by atoms with Crippen molar-refractivity contribution < 1.29 is 0 Å². The summed E-state index contributed by atoms with van der Waals surface area (Å²) in [6, 6.07) is 14.4. The minimum atomic E-state index is 0.0732. The van der Waals surface area contributed by atoms with Crippen LogP contribution in [0.25, 0.3) is 10.9 Å². The van der Waals surface area contributed by atoms with Gasteiger partial charge in [-0.3, -0.25) is 9.97 Å². The largest absolute Gasteiger partial charge is 0.308 e. The zero-order valence-electron chi connectivity index (χ0n) is 11.7. The van der Waals surface area contributed by atoms with E-state index in [2.05, 4.69) is 40.4 Å². The first-order valence-electron chi connectivity index (χ1n) is 6.73. The van der Waals surface area contributed by atoms with E-state index < -0.39 is 0 Å². The average Bonchev–Trinajstić information content (AvgIpc) is 2.50. The number of hydrogen-bond acceptors (Lipinski definition) is 3. The number of hydrogen-bond donors (Lipinski definition) is 1. The van der Waals surface area contributed by atoms with Gasteiger partial charge in [0.2, 0.25) is 0 Å². The van der Waals surface area contributed by atoms with E-state index in [0.29, 0.717) is 0 Å². The third-order valence-electron chi connectivity index (χ3n) is 3.60. The maximum absolute atomic E-state index is 4.55. The lowest BCUT2D eigenvalue weighted by Crippen LogP contribution is -2.20. The Bertz CT molecular complexity index is 732. The van der Waals surface area contributed by atoms with Crippen LogP contribution >= 0.6 is 0 Å². The van der Waals surface area contributed by atoms with Crippen molar-refractivity contribution in [1.82, 2.24) is 15.3 Å². The fourth-order valence-corrected chi connectivity index (χ4v) is 2.62. The van der Waals surface area contributed by atoms with Gasteiger partial charge in [0.15, 0.2) is 0 Å². The first kappa shape index (κ1) is 12.8. The topological polar surface area (TPSA) is 37.8 Å². The van der Waals surface area contributed by atoms with Gasteiger partial charge in [0, 0.05) is 17.8 Å². The van der Waals surface area contributed by atoms with E-state index in [1.165, 1.54) is 16.5 Å². The third kappa shape index (κ3) is 2.17. The zero-order chi connectivity index (χ0) is 13.9. The second kappa shape index (κ2) is 5.39. The molecule has 0 amide bonds. The summed E-state index contributed by atoms with van der Waals surface area (Å²) in [7, 11) is 1.97. The molecular formula is C17H17N3. The van der Waals surface area contributed by atoms with Crippen LogP contribution < -0.4 is 5.32 Å². The van der Waals surface area contributed by atoms with Gasteiger partial charge in [-0.05, 0) is 43.3 Å². The molecule has 20 heavy (non-hydrogen) atoms. The quantitative estimate of drug-likeness (QED) is 0.788. The molecule has 3 nitrogen and oxygen atoms in total. The Morgan fingerprint density at radius 1 is 0.950 bits per heavy atom. The highest BCUT2D eigenvalue weighted by Crippen LogP contribution is 2.28. The van der Waals surface area contributed by atoms with Gasteiger partial charge in [0.25, 0.3) is 0 Å². The molecule has 0 aliphatic carbocycles. The Morgan fingerprint density at radius 2 is 1.75 bits per heavy atom. The predicted octanol–water partition coefficient (Wildman–Crippen LogP) is 3.25. The summed E-state index contributed by atoms with van der Waals surface area (Å²) in [4.78, 5) is 8.98. The molecule has 3 rings (SSSR count). The van der Waals surface area contributed by atoms with E-state index in [4.69, 9.17) is 0 Å². The molecule has 3 heteroatoms. The fourth-order valence-electron chi connectivity index (χ4n) is 2.62. The minimum absolute atomic E-state index is 0.0732. The van der Waals surface area contributed by atoms with Gasteiger partial charge >= 0.3 is 0 Å². The van der Waals surface area contributed by atoms with E-state index in [0.717, 1.165) is 11.2 Å². The van der Waals surface area contributed by atoms with Gasteiger partial charge in [-0.15, -0.1) is 0 Å². The maximum Gasteiger partial charge on any atom is 0.0758 e. The van der Waals surface area contributed by atoms with Crippen molar-refractivity contribution in [3.8, 4) is 0 Å². The van der Waals surface area contributed by atoms with Crippen molar-refractivity contribution in [2.75, 3.05) is 7.05 Å². The van der Waals surface area contributed by atoms with E-state index >= 15 is 0 Å². The summed E-state index contributed by atoms with van der Waals surface area (Å²) < 4.78 is 0. The molecule has 100 valence electrons. The molecule has 1 N–H and O–H groups in total. The number of aryl methyl sites for hydroxylation is 1. The second-order valence-electron chi connectivity index (χ2n) is 4.84. The Balaban J connectivity index is 2.20. The Morgan fingerprint density at radius 3 is 2.55 bits per heavy atom. The summed E-state index contributed by atoms with van der Waals surface area (Å²) in [5.41, 5.74) is 4.47. The minimum Gasteiger partial charge on any atom is -0.308 e. The lowest BCUT2D eigenvalue weighted by Gasteiger charge is -2.19. The van der Waals surface area contributed by atoms with Crippen molar-refractivity contribution >= 4 is 10.9 Å². The van der Waals surface area contributed by atoms with Crippen LogP contribution in [0.5, 0.6) is 0 Å². The molecule has 0 spiro atoms. The van der Waals surface area contributed by atoms with E-state index in [9.17, 15) is 0 Å². The smallest absolute Gasteiger partial charge is 0.0758 e. The molecule has 1 aromatic carbocycles. The van der Waals surface area contributed by atoms with Crippen LogP contribution in [-0.4, -0.2) is 17.0 Å². The standard InChI is InChI=1S/C17H17N3/c1-12-6-4-11-20-16(12)17(18-2)14-7-3-9-15-13(14)8-5-10-19-15/h3-11,17-18H,1-2H3. The Labute approximate surface area is 118 Å². The van der Waals surface area contributed by atoms with Crippen LogP contribution in [0.1, 0.15) is 22.9 Å².